The molecule has 0 aliphatic heterocycles. The second-order valence-electron chi connectivity index (χ2n) is 5.24. The van der Waals surface area contributed by atoms with E-state index in [2.05, 4.69) is 14.8 Å². The maximum absolute atomic E-state index is 13.8. The summed E-state index contributed by atoms with van der Waals surface area (Å²) in [5.41, 5.74) is 1.30. The summed E-state index contributed by atoms with van der Waals surface area (Å²) in [6.45, 7) is 3.65. The molecule has 1 N–H and O–H groups in total. The van der Waals surface area contributed by atoms with Crippen LogP contribution in [0.4, 0.5) is 4.39 Å². The minimum atomic E-state index is -3.77. The summed E-state index contributed by atoms with van der Waals surface area (Å²) < 4.78 is 42.4. The fourth-order valence-electron chi connectivity index (χ4n) is 2.28. The second kappa shape index (κ2) is 6.40. The van der Waals surface area contributed by atoms with Crippen LogP contribution in [0.15, 0.2) is 18.2 Å². The average molecular weight is 389 g/mol. The van der Waals surface area contributed by atoms with Crippen LogP contribution in [0.3, 0.4) is 0 Å². The third-order valence-corrected chi connectivity index (χ3v) is 5.88. The largest absolute Gasteiger partial charge is 0.223 e. The van der Waals surface area contributed by atoms with Gasteiger partial charge in [0.1, 0.15) is 10.8 Å². The third-order valence-electron chi connectivity index (χ3n) is 3.45. The molecule has 2 aromatic heterocycles. The molecule has 3 rings (SSSR count). The average Bonchev–Trinajstić information content (AvgIpc) is 2.96. The number of halogens is 2. The molecule has 2 heterocycles. The number of sulfonamides is 1. The number of rotatable bonds is 5. The highest BCUT2D eigenvalue weighted by molar-refractivity contribution is 7.88. The Labute approximate surface area is 147 Å². The van der Waals surface area contributed by atoms with Crippen LogP contribution in [0.2, 0.25) is 5.02 Å². The molecule has 0 radical (unpaired) electrons. The number of hydrogen-bond donors (Lipinski definition) is 1. The molecule has 0 fully saturated rings. The lowest BCUT2D eigenvalue weighted by Gasteiger charge is -2.09. The number of fused-ring (bicyclic) bond motifs is 1. The Morgan fingerprint density at radius 3 is 2.83 bits per heavy atom. The molecule has 0 unspecified atom stereocenters. The van der Waals surface area contributed by atoms with Gasteiger partial charge in [-0.3, -0.25) is 0 Å². The lowest BCUT2D eigenvalue weighted by molar-refractivity contribution is 0.572. The molecule has 0 amide bonds. The summed E-state index contributed by atoms with van der Waals surface area (Å²) in [6.07, 6.45) is 0. The standard InChI is InChI=1S/C14H14ClFN4O2S2/c1-8-13(20-14(18-8)23-9(2)19-20)6-17-24(21,22)7-10-11(15)4-3-5-12(10)16/h3-5,17H,6-7H2,1-2H3. The highest BCUT2D eigenvalue weighted by Gasteiger charge is 2.19. The molecular weight excluding hydrogens is 375 g/mol. The highest BCUT2D eigenvalue weighted by atomic mass is 35.5. The molecule has 6 nitrogen and oxygen atoms in total. The number of imidazole rings is 1. The normalized spacial score (nSPS) is 12.2. The molecule has 24 heavy (non-hydrogen) atoms. The van der Waals surface area contributed by atoms with E-state index in [-0.39, 0.29) is 17.1 Å². The highest BCUT2D eigenvalue weighted by Crippen LogP contribution is 2.22. The van der Waals surface area contributed by atoms with Crippen molar-refractivity contribution in [2.75, 3.05) is 0 Å². The van der Waals surface area contributed by atoms with Crippen LogP contribution in [0.1, 0.15) is 22.0 Å². The minimum absolute atomic E-state index is 0.0184. The fourth-order valence-corrected chi connectivity index (χ4v) is 4.53. The predicted molar refractivity (Wildman–Crippen MR) is 91.2 cm³/mol. The van der Waals surface area contributed by atoms with E-state index in [1.54, 1.807) is 11.4 Å². The van der Waals surface area contributed by atoms with E-state index in [9.17, 15) is 12.8 Å². The summed E-state index contributed by atoms with van der Waals surface area (Å²) in [6, 6.07) is 4.07. The number of nitrogens with one attached hydrogen (secondary N) is 1. The minimum Gasteiger partial charge on any atom is -0.223 e. The Kier molecular flexibility index (Phi) is 4.60. The zero-order valence-corrected chi connectivity index (χ0v) is 15.3. The van der Waals surface area contributed by atoms with Gasteiger partial charge in [0.05, 0.1) is 23.7 Å². The molecule has 0 aliphatic carbocycles. The first-order valence-corrected chi connectivity index (χ1v) is 9.83. The Hall–Kier alpha value is -1.55. The van der Waals surface area contributed by atoms with Gasteiger partial charge in [0.2, 0.25) is 15.0 Å². The monoisotopic (exact) mass is 388 g/mol. The van der Waals surface area contributed by atoms with Crippen molar-refractivity contribution in [2.24, 2.45) is 0 Å². The Morgan fingerprint density at radius 2 is 2.12 bits per heavy atom. The fraction of sp³-hybridized carbons (Fsp3) is 0.286. The number of aromatic nitrogens is 3. The van der Waals surface area contributed by atoms with Crippen molar-refractivity contribution >= 4 is 37.9 Å². The van der Waals surface area contributed by atoms with Crippen molar-refractivity contribution in [1.29, 1.82) is 0 Å². The number of nitrogens with zero attached hydrogens (tertiary/aromatic N) is 3. The molecule has 10 heteroatoms. The number of hydrogen-bond acceptors (Lipinski definition) is 5. The van der Waals surface area contributed by atoms with Gasteiger partial charge in [0.15, 0.2) is 0 Å². The van der Waals surface area contributed by atoms with Crippen LogP contribution in [-0.2, 0) is 22.3 Å². The van der Waals surface area contributed by atoms with Crippen molar-refractivity contribution < 1.29 is 12.8 Å². The second-order valence-corrected chi connectivity index (χ2v) is 8.61. The molecule has 0 bridgehead atoms. The lowest BCUT2D eigenvalue weighted by atomic mass is 10.2. The maximum atomic E-state index is 13.8. The third kappa shape index (κ3) is 3.44. The molecule has 0 saturated heterocycles. The summed E-state index contributed by atoms with van der Waals surface area (Å²) >= 11 is 7.31. The van der Waals surface area contributed by atoms with Gasteiger partial charge in [-0.25, -0.2) is 27.0 Å². The van der Waals surface area contributed by atoms with Crippen LogP contribution in [0, 0.1) is 19.7 Å². The van der Waals surface area contributed by atoms with Gasteiger partial charge >= 0.3 is 0 Å². The summed E-state index contributed by atoms with van der Waals surface area (Å²) in [4.78, 5) is 5.05. The van der Waals surface area contributed by atoms with Crippen molar-refractivity contribution in [3.63, 3.8) is 0 Å². The molecule has 0 aliphatic rings. The van der Waals surface area contributed by atoms with E-state index >= 15 is 0 Å². The Morgan fingerprint density at radius 1 is 1.38 bits per heavy atom. The van der Waals surface area contributed by atoms with Crippen LogP contribution in [-0.4, -0.2) is 23.0 Å². The predicted octanol–water partition coefficient (Wildman–Crippen LogP) is 2.82. The SMILES string of the molecule is Cc1nn2c(CNS(=O)(=O)Cc3c(F)cccc3Cl)c(C)nc2s1. The molecule has 3 aromatic rings. The maximum Gasteiger partial charge on any atom is 0.216 e. The van der Waals surface area contributed by atoms with Crippen molar-refractivity contribution in [1.82, 2.24) is 19.3 Å². The molecule has 0 atom stereocenters. The van der Waals surface area contributed by atoms with Gasteiger partial charge in [-0.2, -0.15) is 5.10 Å². The zero-order chi connectivity index (χ0) is 17.5. The molecule has 1 aromatic carbocycles. The van der Waals surface area contributed by atoms with Crippen LogP contribution in [0.25, 0.3) is 4.96 Å². The van der Waals surface area contributed by atoms with Crippen molar-refractivity contribution in [3.05, 3.63) is 51.0 Å². The van der Waals surface area contributed by atoms with Crippen molar-refractivity contribution in [2.45, 2.75) is 26.1 Å². The molecule has 128 valence electrons. The van der Waals surface area contributed by atoms with Gasteiger partial charge in [-0.1, -0.05) is 29.0 Å². The first-order valence-electron chi connectivity index (χ1n) is 6.99. The summed E-state index contributed by atoms with van der Waals surface area (Å²) in [5, 5.41) is 5.22. The van der Waals surface area contributed by atoms with Crippen LogP contribution < -0.4 is 4.72 Å². The van der Waals surface area contributed by atoms with E-state index in [1.165, 1.54) is 29.5 Å². The molecule has 0 spiro atoms. The quantitative estimate of drug-likeness (QED) is 0.729. The number of aryl methyl sites for hydroxylation is 2. The van der Waals surface area contributed by atoms with Crippen LogP contribution in [0.5, 0.6) is 0 Å². The first kappa shape index (κ1) is 17.3. The summed E-state index contributed by atoms with van der Waals surface area (Å²) in [5.74, 6) is -1.18. The van der Waals surface area contributed by atoms with E-state index in [4.69, 9.17) is 11.6 Å². The summed E-state index contributed by atoms with van der Waals surface area (Å²) in [7, 11) is -3.77. The van der Waals surface area contributed by atoms with Gasteiger partial charge in [-0.05, 0) is 26.0 Å². The Bertz CT molecular complexity index is 993. The zero-order valence-electron chi connectivity index (χ0n) is 12.9. The van der Waals surface area contributed by atoms with Gasteiger partial charge in [0.25, 0.3) is 0 Å². The van der Waals surface area contributed by atoms with Crippen molar-refractivity contribution in [3.8, 4) is 0 Å². The van der Waals surface area contributed by atoms with Crippen LogP contribution >= 0.6 is 22.9 Å². The van der Waals surface area contributed by atoms with E-state index in [1.807, 2.05) is 6.92 Å². The van der Waals surface area contributed by atoms with E-state index < -0.39 is 21.6 Å². The first-order chi connectivity index (χ1) is 11.3. The topological polar surface area (TPSA) is 76.4 Å². The lowest BCUT2D eigenvalue weighted by Crippen LogP contribution is -2.26. The van der Waals surface area contributed by atoms with Gasteiger partial charge in [0, 0.05) is 10.6 Å². The van der Waals surface area contributed by atoms with E-state index in [0.717, 1.165) is 5.01 Å². The Balaban J connectivity index is 1.81. The molecular formula is C14H14ClFN4O2S2. The van der Waals surface area contributed by atoms with Gasteiger partial charge < -0.3 is 0 Å². The number of benzene rings is 1. The molecule has 0 saturated carbocycles. The van der Waals surface area contributed by atoms with Gasteiger partial charge in [-0.15, -0.1) is 0 Å². The smallest absolute Gasteiger partial charge is 0.216 e. The van der Waals surface area contributed by atoms with E-state index in [0.29, 0.717) is 16.3 Å².